The number of halogens is 1. The summed E-state index contributed by atoms with van der Waals surface area (Å²) < 4.78 is 11.6. The summed E-state index contributed by atoms with van der Waals surface area (Å²) >= 11 is 0. The molecule has 2 N–H and O–H groups in total. The summed E-state index contributed by atoms with van der Waals surface area (Å²) in [6, 6.07) is 18.3. The van der Waals surface area contributed by atoms with Crippen molar-refractivity contribution in [2.45, 2.75) is 20.4 Å². The zero-order chi connectivity index (χ0) is 19.8. The monoisotopic (exact) mass is 506 g/mol. The van der Waals surface area contributed by atoms with Gasteiger partial charge >= 0.3 is 0 Å². The summed E-state index contributed by atoms with van der Waals surface area (Å²) in [5.74, 6) is 3.02. The first-order valence-electron chi connectivity index (χ1n) is 9.32. The Kier molecular flexibility index (Phi) is 8.98. The van der Waals surface area contributed by atoms with Crippen LogP contribution in [0.3, 0.4) is 0 Å². The first-order valence-corrected chi connectivity index (χ1v) is 9.32. The lowest BCUT2D eigenvalue weighted by Gasteiger charge is -2.14. The highest BCUT2D eigenvalue weighted by molar-refractivity contribution is 14.0. The zero-order valence-corrected chi connectivity index (χ0v) is 19.3. The number of aryl methyl sites for hydroxylation is 2. The number of ether oxygens (including phenoxy) is 1. The van der Waals surface area contributed by atoms with Crippen LogP contribution in [0, 0.1) is 13.8 Å². The Hall–Kier alpha value is -2.55. The third-order valence-corrected chi connectivity index (χ3v) is 4.33. The van der Waals surface area contributed by atoms with Crippen LogP contribution >= 0.6 is 24.0 Å². The van der Waals surface area contributed by atoms with Gasteiger partial charge in [0.15, 0.2) is 5.96 Å². The summed E-state index contributed by atoms with van der Waals surface area (Å²) in [7, 11) is 1.73. The van der Waals surface area contributed by atoms with Gasteiger partial charge in [-0.25, -0.2) is 4.98 Å². The van der Waals surface area contributed by atoms with Gasteiger partial charge in [-0.15, -0.1) is 24.0 Å². The molecule has 0 amide bonds. The summed E-state index contributed by atoms with van der Waals surface area (Å²) in [6.45, 7) is 5.45. The van der Waals surface area contributed by atoms with E-state index in [2.05, 4.69) is 38.8 Å². The van der Waals surface area contributed by atoms with Gasteiger partial charge in [0.1, 0.15) is 18.1 Å². The molecule has 0 saturated carbocycles. The Morgan fingerprint density at radius 1 is 1.03 bits per heavy atom. The van der Waals surface area contributed by atoms with Crippen LogP contribution < -0.4 is 15.4 Å². The van der Waals surface area contributed by atoms with Crippen molar-refractivity contribution in [2.75, 3.05) is 20.2 Å². The van der Waals surface area contributed by atoms with E-state index in [0.717, 1.165) is 28.3 Å². The molecule has 0 aliphatic heterocycles. The first-order chi connectivity index (χ1) is 13.7. The van der Waals surface area contributed by atoms with Crippen LogP contribution in [0.4, 0.5) is 0 Å². The highest BCUT2D eigenvalue weighted by Crippen LogP contribution is 2.29. The normalized spacial score (nSPS) is 10.9. The predicted molar refractivity (Wildman–Crippen MR) is 127 cm³/mol. The van der Waals surface area contributed by atoms with Gasteiger partial charge < -0.3 is 19.8 Å². The van der Waals surface area contributed by atoms with Gasteiger partial charge in [0, 0.05) is 12.6 Å². The van der Waals surface area contributed by atoms with Crippen LogP contribution in [0.15, 0.2) is 64.0 Å². The number of guanidine groups is 1. The fraction of sp³-hybridized carbons (Fsp3) is 0.273. The van der Waals surface area contributed by atoms with E-state index in [1.165, 1.54) is 0 Å². The van der Waals surface area contributed by atoms with E-state index in [1.54, 1.807) is 7.05 Å². The van der Waals surface area contributed by atoms with E-state index in [1.807, 2.05) is 50.2 Å². The number of rotatable bonds is 7. The molecule has 0 atom stereocenters. The Morgan fingerprint density at radius 3 is 2.45 bits per heavy atom. The van der Waals surface area contributed by atoms with E-state index in [9.17, 15) is 0 Å². The molecular weight excluding hydrogens is 479 g/mol. The molecule has 6 nitrogen and oxygen atoms in total. The largest absolute Gasteiger partial charge is 0.491 e. The quantitative estimate of drug-likeness (QED) is 0.216. The molecule has 1 aromatic heterocycles. The number of aliphatic imine (C=N–C) groups is 1. The fourth-order valence-corrected chi connectivity index (χ4v) is 2.77. The van der Waals surface area contributed by atoms with E-state index in [4.69, 9.17) is 9.15 Å². The Labute approximate surface area is 188 Å². The van der Waals surface area contributed by atoms with Crippen molar-refractivity contribution in [3.05, 3.63) is 71.9 Å². The van der Waals surface area contributed by atoms with Gasteiger partial charge in [-0.2, -0.15) is 0 Å². The second-order valence-electron chi connectivity index (χ2n) is 6.31. The van der Waals surface area contributed by atoms with Crippen LogP contribution in [0.1, 0.15) is 17.3 Å². The Balaban J connectivity index is 0.00000300. The number of hydrogen-bond donors (Lipinski definition) is 2. The smallest absolute Gasteiger partial charge is 0.214 e. The molecule has 0 bridgehead atoms. The molecule has 0 aliphatic carbocycles. The molecule has 0 radical (unpaired) electrons. The second kappa shape index (κ2) is 11.5. The maximum absolute atomic E-state index is 5.99. The molecule has 0 spiro atoms. The molecule has 2 aromatic carbocycles. The molecule has 7 heteroatoms. The van der Waals surface area contributed by atoms with Gasteiger partial charge in [-0.1, -0.05) is 48.5 Å². The number of hydrogen-bond acceptors (Lipinski definition) is 4. The van der Waals surface area contributed by atoms with Gasteiger partial charge in [0.2, 0.25) is 5.89 Å². The minimum atomic E-state index is 0. The number of benzene rings is 2. The first kappa shape index (κ1) is 22.7. The van der Waals surface area contributed by atoms with Crippen LogP contribution in [0.2, 0.25) is 0 Å². The van der Waals surface area contributed by atoms with Crippen LogP contribution in [0.25, 0.3) is 11.1 Å². The summed E-state index contributed by atoms with van der Waals surface area (Å²) in [6.07, 6.45) is 0. The molecule has 0 saturated heterocycles. The van der Waals surface area contributed by atoms with Crippen molar-refractivity contribution < 1.29 is 9.15 Å². The number of aromatic nitrogens is 1. The molecule has 3 aromatic rings. The number of oxazole rings is 1. The summed E-state index contributed by atoms with van der Waals surface area (Å²) in [4.78, 5) is 8.57. The molecule has 3 rings (SSSR count). The van der Waals surface area contributed by atoms with Gasteiger partial charge in [0.25, 0.3) is 0 Å². The Bertz CT molecular complexity index is 906. The molecule has 154 valence electrons. The Morgan fingerprint density at radius 2 is 1.76 bits per heavy atom. The van der Waals surface area contributed by atoms with Crippen molar-refractivity contribution in [1.82, 2.24) is 15.6 Å². The van der Waals surface area contributed by atoms with E-state index < -0.39 is 0 Å². The average molecular weight is 506 g/mol. The van der Waals surface area contributed by atoms with E-state index >= 15 is 0 Å². The van der Waals surface area contributed by atoms with Gasteiger partial charge in [-0.3, -0.25) is 4.99 Å². The molecular formula is C22H27IN4O2. The third-order valence-electron chi connectivity index (χ3n) is 4.33. The number of para-hydroxylation sites is 1. The van der Waals surface area contributed by atoms with Crippen molar-refractivity contribution in [2.24, 2.45) is 4.99 Å². The van der Waals surface area contributed by atoms with Crippen molar-refractivity contribution >= 4 is 29.9 Å². The van der Waals surface area contributed by atoms with Crippen LogP contribution in [-0.2, 0) is 6.54 Å². The van der Waals surface area contributed by atoms with Crippen LogP contribution in [0.5, 0.6) is 5.75 Å². The van der Waals surface area contributed by atoms with E-state index in [-0.39, 0.29) is 24.0 Å². The summed E-state index contributed by atoms with van der Waals surface area (Å²) in [5.41, 5.74) is 3.13. The van der Waals surface area contributed by atoms with Crippen molar-refractivity contribution in [3.63, 3.8) is 0 Å². The topological polar surface area (TPSA) is 71.7 Å². The predicted octanol–water partition coefficient (Wildman–Crippen LogP) is 4.32. The SMILES string of the molecule is CN=C(NCCOc1ccccc1-c1ccccc1)NCc1nc(C)c(C)o1.I. The third kappa shape index (κ3) is 6.49. The molecule has 0 unspecified atom stereocenters. The van der Waals surface area contributed by atoms with Crippen LogP contribution in [-0.4, -0.2) is 31.1 Å². The molecule has 1 heterocycles. The lowest BCUT2D eigenvalue weighted by atomic mass is 10.1. The second-order valence-corrected chi connectivity index (χ2v) is 6.31. The average Bonchev–Trinajstić information content (AvgIpc) is 3.06. The lowest BCUT2D eigenvalue weighted by molar-refractivity contribution is 0.323. The molecule has 29 heavy (non-hydrogen) atoms. The van der Waals surface area contributed by atoms with Crippen molar-refractivity contribution in [1.29, 1.82) is 0 Å². The fourth-order valence-electron chi connectivity index (χ4n) is 2.77. The lowest BCUT2D eigenvalue weighted by Crippen LogP contribution is -2.39. The molecule has 0 aliphatic rings. The maximum atomic E-state index is 5.99. The zero-order valence-electron chi connectivity index (χ0n) is 16.9. The van der Waals surface area contributed by atoms with Gasteiger partial charge in [0.05, 0.1) is 18.8 Å². The van der Waals surface area contributed by atoms with E-state index in [0.29, 0.717) is 31.5 Å². The standard InChI is InChI=1S/C22H26N4O2.HI/c1-16-17(2)28-21(26-16)15-25-22(23-3)24-13-14-27-20-12-8-7-11-19(20)18-9-5-4-6-10-18;/h4-12H,13-15H2,1-3H3,(H2,23,24,25);1H. The highest BCUT2D eigenvalue weighted by Gasteiger charge is 2.07. The summed E-state index contributed by atoms with van der Waals surface area (Å²) in [5, 5.41) is 6.42. The maximum Gasteiger partial charge on any atom is 0.214 e. The van der Waals surface area contributed by atoms with Gasteiger partial charge in [-0.05, 0) is 25.5 Å². The highest BCUT2D eigenvalue weighted by atomic mass is 127. The number of nitrogens with zero attached hydrogens (tertiary/aromatic N) is 2. The molecule has 0 fully saturated rings. The minimum absolute atomic E-state index is 0. The van der Waals surface area contributed by atoms with Crippen molar-refractivity contribution in [3.8, 4) is 16.9 Å². The minimum Gasteiger partial charge on any atom is -0.491 e. The number of nitrogens with one attached hydrogen (secondary N) is 2.